The predicted octanol–water partition coefficient (Wildman–Crippen LogP) is 4.18. The van der Waals surface area contributed by atoms with Crippen molar-refractivity contribution < 1.29 is 19.1 Å². The van der Waals surface area contributed by atoms with Crippen LogP contribution >= 0.6 is 11.8 Å². The molecule has 2 N–H and O–H groups in total. The average Bonchev–Trinajstić information content (AvgIpc) is 3.03. The molecule has 1 aliphatic rings. The number of imide groups is 1. The molecule has 7 heteroatoms. The number of thioether (sulfide) groups is 1. The van der Waals surface area contributed by atoms with Gasteiger partial charge in [0.1, 0.15) is 5.75 Å². The second-order valence-electron chi connectivity index (χ2n) is 6.32. The maximum atomic E-state index is 12.0. The first-order chi connectivity index (χ1) is 14.1. The van der Waals surface area contributed by atoms with E-state index in [1.54, 1.807) is 12.1 Å². The van der Waals surface area contributed by atoms with Gasteiger partial charge in [-0.25, -0.2) is 0 Å². The molecule has 0 atom stereocenters. The summed E-state index contributed by atoms with van der Waals surface area (Å²) in [5.41, 5.74) is 1.54. The van der Waals surface area contributed by atoms with Gasteiger partial charge in [0.05, 0.1) is 4.91 Å². The minimum Gasteiger partial charge on any atom is -0.484 e. The molecule has 0 saturated carbocycles. The standard InChI is InChI=1S/C22H16N2O4S/c25-20(23-17-4-2-1-3-5-17)13-28-18-9-8-15-10-14(6-7-16(15)12-18)11-19-21(26)24-22(27)29-19/h1-12H,13H2,(H,23,25)(H,24,26,27)/b19-11+. The third-order valence-electron chi connectivity index (χ3n) is 4.20. The zero-order chi connectivity index (χ0) is 20.2. The quantitative estimate of drug-likeness (QED) is 0.623. The number of rotatable bonds is 5. The lowest BCUT2D eigenvalue weighted by molar-refractivity contribution is -0.118. The van der Waals surface area contributed by atoms with Gasteiger partial charge in [0.15, 0.2) is 6.61 Å². The molecule has 1 heterocycles. The van der Waals surface area contributed by atoms with Crippen molar-refractivity contribution in [2.45, 2.75) is 0 Å². The number of anilines is 1. The Bertz CT molecular complexity index is 1140. The van der Waals surface area contributed by atoms with Crippen LogP contribution in [0, 0.1) is 0 Å². The lowest BCUT2D eigenvalue weighted by atomic mass is 10.1. The number of para-hydroxylation sites is 1. The highest BCUT2D eigenvalue weighted by molar-refractivity contribution is 8.18. The molecule has 0 aliphatic carbocycles. The minimum atomic E-state index is -0.377. The van der Waals surface area contributed by atoms with Crippen molar-refractivity contribution in [3.8, 4) is 5.75 Å². The maximum absolute atomic E-state index is 12.0. The number of carbonyl (C=O) groups excluding carboxylic acids is 3. The van der Waals surface area contributed by atoms with Crippen LogP contribution in [0.3, 0.4) is 0 Å². The first-order valence-electron chi connectivity index (χ1n) is 8.83. The number of nitrogens with one attached hydrogen (secondary N) is 2. The Morgan fingerprint density at radius 2 is 1.76 bits per heavy atom. The number of amides is 3. The number of hydrogen-bond donors (Lipinski definition) is 2. The van der Waals surface area contributed by atoms with Crippen molar-refractivity contribution in [3.63, 3.8) is 0 Å². The number of ether oxygens (including phenoxy) is 1. The van der Waals surface area contributed by atoms with Gasteiger partial charge in [-0.05, 0) is 64.5 Å². The average molecular weight is 404 g/mol. The highest BCUT2D eigenvalue weighted by Gasteiger charge is 2.24. The first-order valence-corrected chi connectivity index (χ1v) is 9.65. The fraction of sp³-hybridized carbons (Fsp3) is 0.0455. The molecular weight excluding hydrogens is 388 g/mol. The maximum Gasteiger partial charge on any atom is 0.290 e. The van der Waals surface area contributed by atoms with Crippen LogP contribution in [0.15, 0.2) is 71.6 Å². The van der Waals surface area contributed by atoms with E-state index in [2.05, 4.69) is 10.6 Å². The normalized spacial score (nSPS) is 14.8. The van der Waals surface area contributed by atoms with Crippen LogP contribution in [0.4, 0.5) is 10.5 Å². The summed E-state index contributed by atoms with van der Waals surface area (Å²) in [6.07, 6.45) is 1.68. The van der Waals surface area contributed by atoms with Gasteiger partial charge in [0.25, 0.3) is 17.1 Å². The van der Waals surface area contributed by atoms with E-state index < -0.39 is 0 Å². The van der Waals surface area contributed by atoms with E-state index in [1.165, 1.54) is 0 Å². The SMILES string of the molecule is O=C(COc1ccc2cc(/C=C3/SC(=O)NC3=O)ccc2c1)Nc1ccccc1. The van der Waals surface area contributed by atoms with Gasteiger partial charge in [-0.1, -0.05) is 36.4 Å². The molecule has 3 amide bonds. The van der Waals surface area contributed by atoms with E-state index in [0.29, 0.717) is 10.7 Å². The zero-order valence-corrected chi connectivity index (χ0v) is 16.0. The van der Waals surface area contributed by atoms with Crippen molar-refractivity contribution in [1.82, 2.24) is 5.32 Å². The van der Waals surface area contributed by atoms with Gasteiger partial charge < -0.3 is 10.1 Å². The third kappa shape index (κ3) is 4.64. The fourth-order valence-corrected chi connectivity index (χ4v) is 3.54. The molecule has 0 spiro atoms. The summed E-state index contributed by atoms with van der Waals surface area (Å²) in [6, 6.07) is 20.4. The number of carbonyl (C=O) groups is 3. The van der Waals surface area contributed by atoms with Crippen LogP contribution in [0.2, 0.25) is 0 Å². The van der Waals surface area contributed by atoms with Crippen LogP contribution in [-0.2, 0) is 9.59 Å². The van der Waals surface area contributed by atoms with Crippen molar-refractivity contribution in [2.75, 3.05) is 11.9 Å². The van der Waals surface area contributed by atoms with Gasteiger partial charge in [-0.3, -0.25) is 19.7 Å². The molecule has 0 unspecified atom stereocenters. The Hall–Kier alpha value is -3.58. The molecule has 0 aromatic heterocycles. The number of hydrogen-bond acceptors (Lipinski definition) is 5. The largest absolute Gasteiger partial charge is 0.484 e. The predicted molar refractivity (Wildman–Crippen MR) is 114 cm³/mol. The van der Waals surface area contributed by atoms with Gasteiger partial charge >= 0.3 is 0 Å². The molecule has 144 valence electrons. The van der Waals surface area contributed by atoms with Crippen LogP contribution in [0.25, 0.3) is 16.8 Å². The molecule has 0 bridgehead atoms. The molecule has 1 fully saturated rings. The Labute approximate surface area is 170 Å². The molecule has 1 saturated heterocycles. The smallest absolute Gasteiger partial charge is 0.290 e. The van der Waals surface area contributed by atoms with Gasteiger partial charge in [0.2, 0.25) is 0 Å². The van der Waals surface area contributed by atoms with E-state index in [1.807, 2.05) is 60.7 Å². The summed E-state index contributed by atoms with van der Waals surface area (Å²) in [5.74, 6) is -0.0269. The topological polar surface area (TPSA) is 84.5 Å². The summed E-state index contributed by atoms with van der Waals surface area (Å²) in [5, 5.41) is 6.54. The molecule has 3 aromatic carbocycles. The van der Waals surface area contributed by atoms with E-state index in [-0.39, 0.29) is 23.7 Å². The fourth-order valence-electron chi connectivity index (χ4n) is 2.86. The minimum absolute atomic E-state index is 0.0923. The lowest BCUT2D eigenvalue weighted by Crippen LogP contribution is -2.20. The van der Waals surface area contributed by atoms with Crippen molar-refractivity contribution >= 4 is 51.4 Å². The Balaban J connectivity index is 1.43. The summed E-state index contributed by atoms with van der Waals surface area (Å²) >= 11 is 0.890. The van der Waals surface area contributed by atoms with Crippen molar-refractivity contribution in [1.29, 1.82) is 0 Å². The van der Waals surface area contributed by atoms with Crippen molar-refractivity contribution in [2.24, 2.45) is 0 Å². The molecule has 29 heavy (non-hydrogen) atoms. The summed E-state index contributed by atoms with van der Waals surface area (Å²) in [4.78, 5) is 35.3. The zero-order valence-electron chi connectivity index (χ0n) is 15.2. The van der Waals surface area contributed by atoms with Crippen molar-refractivity contribution in [3.05, 3.63) is 77.2 Å². The van der Waals surface area contributed by atoms with E-state index in [0.717, 1.165) is 33.8 Å². The van der Waals surface area contributed by atoms with Gasteiger partial charge in [0, 0.05) is 5.69 Å². The number of fused-ring (bicyclic) bond motifs is 1. The highest BCUT2D eigenvalue weighted by Crippen LogP contribution is 2.28. The van der Waals surface area contributed by atoms with Crippen LogP contribution in [0.5, 0.6) is 5.75 Å². The summed E-state index contributed by atoms with van der Waals surface area (Å²) in [7, 11) is 0. The first kappa shape index (κ1) is 18.8. The molecule has 3 aromatic rings. The van der Waals surface area contributed by atoms with Crippen LogP contribution in [0.1, 0.15) is 5.56 Å². The van der Waals surface area contributed by atoms with Gasteiger partial charge in [-0.15, -0.1) is 0 Å². The van der Waals surface area contributed by atoms with Crippen LogP contribution in [-0.4, -0.2) is 23.7 Å². The number of benzene rings is 3. The Kier molecular flexibility index (Phi) is 5.31. The molecule has 1 aliphatic heterocycles. The van der Waals surface area contributed by atoms with Crippen LogP contribution < -0.4 is 15.4 Å². The second kappa shape index (κ2) is 8.20. The monoisotopic (exact) mass is 404 g/mol. The summed E-state index contributed by atoms with van der Waals surface area (Å²) < 4.78 is 5.59. The van der Waals surface area contributed by atoms with E-state index in [4.69, 9.17) is 4.74 Å². The highest BCUT2D eigenvalue weighted by atomic mass is 32.2. The Morgan fingerprint density at radius 3 is 2.52 bits per heavy atom. The second-order valence-corrected chi connectivity index (χ2v) is 7.34. The molecular formula is C22H16N2O4S. The third-order valence-corrected chi connectivity index (χ3v) is 5.01. The summed E-state index contributed by atoms with van der Waals surface area (Å²) in [6.45, 7) is -0.0923. The molecule has 4 rings (SSSR count). The van der Waals surface area contributed by atoms with Gasteiger partial charge in [-0.2, -0.15) is 0 Å². The molecule has 0 radical (unpaired) electrons. The lowest BCUT2D eigenvalue weighted by Gasteiger charge is -2.09. The van der Waals surface area contributed by atoms with E-state index >= 15 is 0 Å². The molecule has 6 nitrogen and oxygen atoms in total. The Morgan fingerprint density at radius 1 is 1.00 bits per heavy atom. The van der Waals surface area contributed by atoms with E-state index in [9.17, 15) is 14.4 Å².